The first kappa shape index (κ1) is 14.6. The predicted molar refractivity (Wildman–Crippen MR) is 80.7 cm³/mol. The second-order valence-electron chi connectivity index (χ2n) is 3.74. The Labute approximate surface area is 130 Å². The van der Waals surface area contributed by atoms with Gasteiger partial charge in [0.05, 0.1) is 10.5 Å². The van der Waals surface area contributed by atoms with E-state index in [1.165, 1.54) is 24.4 Å². The molecular weight excluding hydrogens is 394 g/mol. The van der Waals surface area contributed by atoms with Crippen LogP contribution in [0.3, 0.4) is 0 Å². The van der Waals surface area contributed by atoms with Gasteiger partial charge in [0.25, 0.3) is 11.6 Å². The van der Waals surface area contributed by atoms with Crippen LogP contribution in [0.2, 0.25) is 0 Å². The van der Waals surface area contributed by atoms with Crippen molar-refractivity contribution in [2.24, 2.45) is 0 Å². The number of anilines is 1. The van der Waals surface area contributed by atoms with Crippen LogP contribution in [0.5, 0.6) is 0 Å². The van der Waals surface area contributed by atoms with Crippen LogP contribution in [0.25, 0.3) is 0 Å². The third-order valence-corrected chi connectivity index (χ3v) is 3.53. The van der Waals surface area contributed by atoms with E-state index in [-0.39, 0.29) is 11.3 Å². The highest BCUT2D eigenvalue weighted by Crippen LogP contribution is 2.23. The van der Waals surface area contributed by atoms with Gasteiger partial charge in [-0.15, -0.1) is 0 Å². The average Bonchev–Trinajstić information content (AvgIpc) is 2.41. The number of benzene rings is 1. The van der Waals surface area contributed by atoms with Crippen LogP contribution >= 0.6 is 31.9 Å². The normalized spacial score (nSPS) is 10.1. The van der Waals surface area contributed by atoms with Crippen molar-refractivity contribution < 1.29 is 9.72 Å². The van der Waals surface area contributed by atoms with Crippen LogP contribution in [-0.2, 0) is 0 Å². The zero-order chi connectivity index (χ0) is 14.7. The molecular formula is C12H7Br2N3O3. The van der Waals surface area contributed by atoms with E-state index in [1.54, 1.807) is 12.1 Å². The molecule has 1 aromatic heterocycles. The minimum Gasteiger partial charge on any atom is -0.307 e. The fourth-order valence-corrected chi connectivity index (χ4v) is 2.10. The zero-order valence-electron chi connectivity index (χ0n) is 9.84. The number of halogens is 2. The molecule has 0 aliphatic heterocycles. The fourth-order valence-electron chi connectivity index (χ4n) is 1.43. The third-order valence-electron chi connectivity index (χ3n) is 2.37. The lowest BCUT2D eigenvalue weighted by Crippen LogP contribution is -2.13. The van der Waals surface area contributed by atoms with Gasteiger partial charge < -0.3 is 5.32 Å². The summed E-state index contributed by atoms with van der Waals surface area (Å²) < 4.78 is 1.25. The van der Waals surface area contributed by atoms with Crippen molar-refractivity contribution in [3.63, 3.8) is 0 Å². The van der Waals surface area contributed by atoms with Gasteiger partial charge >= 0.3 is 0 Å². The predicted octanol–water partition coefficient (Wildman–Crippen LogP) is 3.77. The van der Waals surface area contributed by atoms with Gasteiger partial charge in [0.2, 0.25) is 0 Å². The number of nitrogens with zero attached hydrogens (tertiary/aromatic N) is 2. The second-order valence-corrected chi connectivity index (χ2v) is 5.51. The van der Waals surface area contributed by atoms with Crippen LogP contribution in [0.4, 0.5) is 11.5 Å². The molecule has 1 amide bonds. The first-order valence-electron chi connectivity index (χ1n) is 5.34. The Bertz CT molecular complexity index is 674. The molecule has 0 fully saturated rings. The fraction of sp³-hybridized carbons (Fsp3) is 0. The van der Waals surface area contributed by atoms with E-state index in [1.807, 2.05) is 0 Å². The van der Waals surface area contributed by atoms with Gasteiger partial charge in [0.15, 0.2) is 0 Å². The number of carbonyl (C=O) groups excluding carboxylic acids is 1. The largest absolute Gasteiger partial charge is 0.307 e. The van der Waals surface area contributed by atoms with E-state index in [2.05, 4.69) is 42.2 Å². The molecule has 0 saturated carbocycles. The summed E-state index contributed by atoms with van der Waals surface area (Å²) >= 11 is 6.43. The van der Waals surface area contributed by atoms with E-state index < -0.39 is 10.8 Å². The average molecular weight is 401 g/mol. The molecule has 102 valence electrons. The van der Waals surface area contributed by atoms with Crippen molar-refractivity contribution in [2.75, 3.05) is 5.32 Å². The Balaban J connectivity index is 2.26. The van der Waals surface area contributed by atoms with E-state index in [0.29, 0.717) is 10.3 Å². The molecule has 8 heteroatoms. The number of amides is 1. The molecule has 0 aliphatic rings. The summed E-state index contributed by atoms with van der Waals surface area (Å²) in [5, 5.41) is 13.3. The number of carbonyl (C=O) groups is 1. The quantitative estimate of drug-likeness (QED) is 0.627. The van der Waals surface area contributed by atoms with Gasteiger partial charge in [-0.05, 0) is 50.1 Å². The first-order valence-corrected chi connectivity index (χ1v) is 6.93. The Morgan fingerprint density at radius 1 is 1.25 bits per heavy atom. The summed E-state index contributed by atoms with van der Waals surface area (Å²) in [4.78, 5) is 26.3. The SMILES string of the molecule is O=C(Nc1ccc(Br)cn1)c1cc([N+](=O)[O-])ccc1Br. The monoisotopic (exact) mass is 399 g/mol. The molecule has 0 spiro atoms. The molecule has 1 N–H and O–H groups in total. The maximum Gasteiger partial charge on any atom is 0.270 e. The molecule has 1 aromatic carbocycles. The van der Waals surface area contributed by atoms with Crippen LogP contribution in [-0.4, -0.2) is 15.8 Å². The summed E-state index contributed by atoms with van der Waals surface area (Å²) in [5.74, 6) is -0.119. The molecule has 1 heterocycles. The van der Waals surface area contributed by atoms with Crippen molar-refractivity contribution in [2.45, 2.75) is 0 Å². The van der Waals surface area contributed by atoms with Crippen LogP contribution in [0.1, 0.15) is 10.4 Å². The lowest BCUT2D eigenvalue weighted by atomic mass is 10.2. The maximum absolute atomic E-state index is 12.1. The highest BCUT2D eigenvalue weighted by molar-refractivity contribution is 9.10. The number of pyridine rings is 1. The smallest absolute Gasteiger partial charge is 0.270 e. The summed E-state index contributed by atoms with van der Waals surface area (Å²) in [6.45, 7) is 0. The van der Waals surface area contributed by atoms with E-state index in [0.717, 1.165) is 4.47 Å². The standard InChI is InChI=1S/C12H7Br2N3O3/c13-7-1-4-11(15-6-7)16-12(18)9-5-8(17(19)20)2-3-10(9)14/h1-6H,(H,15,16,18). The Hall–Kier alpha value is -1.80. The third kappa shape index (κ3) is 3.40. The Morgan fingerprint density at radius 3 is 2.60 bits per heavy atom. The van der Waals surface area contributed by atoms with Gasteiger partial charge in [0.1, 0.15) is 5.82 Å². The number of non-ortho nitro benzene ring substituents is 1. The van der Waals surface area contributed by atoms with Crippen LogP contribution < -0.4 is 5.32 Å². The number of aromatic nitrogens is 1. The minimum atomic E-state index is -0.554. The zero-order valence-corrected chi connectivity index (χ0v) is 13.0. The van der Waals surface area contributed by atoms with Crippen molar-refractivity contribution in [1.29, 1.82) is 0 Å². The summed E-state index contributed by atoms with van der Waals surface area (Å²) in [7, 11) is 0. The summed E-state index contributed by atoms with van der Waals surface area (Å²) in [6, 6.07) is 7.33. The molecule has 0 saturated heterocycles. The summed E-state index contributed by atoms with van der Waals surface area (Å²) in [5.41, 5.74) is 0.0195. The summed E-state index contributed by atoms with van der Waals surface area (Å²) in [6.07, 6.45) is 1.54. The lowest BCUT2D eigenvalue weighted by Gasteiger charge is -2.06. The van der Waals surface area contributed by atoms with Crippen molar-refractivity contribution >= 4 is 49.3 Å². The van der Waals surface area contributed by atoms with Crippen LogP contribution in [0, 0.1) is 10.1 Å². The molecule has 0 unspecified atom stereocenters. The number of nitro benzene ring substituents is 1. The molecule has 2 aromatic rings. The van der Waals surface area contributed by atoms with Crippen molar-refractivity contribution in [3.05, 3.63) is 61.2 Å². The molecule has 2 rings (SSSR count). The maximum atomic E-state index is 12.1. The molecule has 0 radical (unpaired) electrons. The number of hydrogen-bond donors (Lipinski definition) is 1. The number of nitrogens with one attached hydrogen (secondary N) is 1. The molecule has 0 aliphatic carbocycles. The van der Waals surface area contributed by atoms with Gasteiger partial charge in [-0.1, -0.05) is 0 Å². The van der Waals surface area contributed by atoms with E-state index in [4.69, 9.17) is 0 Å². The van der Waals surface area contributed by atoms with Gasteiger partial charge in [-0.25, -0.2) is 4.98 Å². The van der Waals surface area contributed by atoms with Crippen LogP contribution in [0.15, 0.2) is 45.5 Å². The first-order chi connectivity index (χ1) is 9.47. The minimum absolute atomic E-state index is 0.151. The van der Waals surface area contributed by atoms with E-state index >= 15 is 0 Å². The highest BCUT2D eigenvalue weighted by Gasteiger charge is 2.16. The van der Waals surface area contributed by atoms with Crippen molar-refractivity contribution in [1.82, 2.24) is 4.98 Å². The highest BCUT2D eigenvalue weighted by atomic mass is 79.9. The Morgan fingerprint density at radius 2 is 2.00 bits per heavy atom. The molecule has 0 atom stereocenters. The topological polar surface area (TPSA) is 85.1 Å². The van der Waals surface area contributed by atoms with Gasteiger partial charge in [-0.3, -0.25) is 14.9 Å². The molecule has 0 bridgehead atoms. The lowest BCUT2D eigenvalue weighted by molar-refractivity contribution is -0.384. The molecule has 20 heavy (non-hydrogen) atoms. The Kier molecular flexibility index (Phi) is 4.46. The van der Waals surface area contributed by atoms with Gasteiger partial charge in [0, 0.05) is 27.3 Å². The van der Waals surface area contributed by atoms with E-state index in [9.17, 15) is 14.9 Å². The number of nitro groups is 1. The van der Waals surface area contributed by atoms with Crippen molar-refractivity contribution in [3.8, 4) is 0 Å². The molecule has 6 nitrogen and oxygen atoms in total. The number of hydrogen-bond acceptors (Lipinski definition) is 4. The number of rotatable bonds is 3. The second kappa shape index (κ2) is 6.10. The van der Waals surface area contributed by atoms with Gasteiger partial charge in [-0.2, -0.15) is 0 Å².